The summed E-state index contributed by atoms with van der Waals surface area (Å²) in [6.45, 7) is 2.81. The smallest absolute Gasteiger partial charge is 0.247 e. The van der Waals surface area contributed by atoms with Gasteiger partial charge in [-0.1, -0.05) is 72.8 Å². The van der Waals surface area contributed by atoms with Gasteiger partial charge in [0, 0.05) is 0 Å². The van der Waals surface area contributed by atoms with E-state index in [1.807, 2.05) is 91.9 Å². The summed E-state index contributed by atoms with van der Waals surface area (Å²) in [5, 5.41) is 23.9. The third-order valence-electron chi connectivity index (χ3n) is 8.06. The second-order valence-electron chi connectivity index (χ2n) is 10.8. The van der Waals surface area contributed by atoms with Crippen molar-refractivity contribution >= 4 is 17.1 Å². The number of alkyl halides is 1. The van der Waals surface area contributed by atoms with Crippen molar-refractivity contribution in [1.82, 2.24) is 19.5 Å². The number of nitrogens with one attached hydrogen (secondary N) is 1. The number of aliphatic hydroxyl groups excluding tert-OH is 2. The highest BCUT2D eigenvalue weighted by Gasteiger charge is 2.55. The maximum Gasteiger partial charge on any atom is 0.247 e. The molecule has 11 heteroatoms. The summed E-state index contributed by atoms with van der Waals surface area (Å²) in [5.41, 5.74) is 0.00492. The summed E-state index contributed by atoms with van der Waals surface area (Å²) in [6, 6.07) is 27.6. The molecule has 0 bridgehead atoms. The Morgan fingerprint density at radius 3 is 2.14 bits per heavy atom. The highest BCUT2D eigenvalue weighted by atomic mass is 19.1. The predicted molar refractivity (Wildman–Crippen MR) is 162 cm³/mol. The van der Waals surface area contributed by atoms with Crippen LogP contribution in [0.2, 0.25) is 0 Å². The number of benzene rings is 3. The van der Waals surface area contributed by atoms with Crippen LogP contribution in [0.5, 0.6) is 11.6 Å². The number of nitrogens with zero attached hydrogens (tertiary/aromatic N) is 4. The Morgan fingerprint density at radius 2 is 1.59 bits per heavy atom. The van der Waals surface area contributed by atoms with Crippen molar-refractivity contribution in [3.05, 3.63) is 108 Å². The molecule has 3 heterocycles. The molecule has 0 amide bonds. The van der Waals surface area contributed by atoms with E-state index >= 15 is 4.39 Å². The molecule has 0 unspecified atom stereocenters. The second kappa shape index (κ2) is 11.8. The van der Waals surface area contributed by atoms with Crippen LogP contribution in [0, 0.1) is 0 Å². The molecule has 3 aromatic carbocycles. The first-order valence-corrected chi connectivity index (χ1v) is 14.4. The molecule has 0 aliphatic carbocycles. The first-order valence-electron chi connectivity index (χ1n) is 14.4. The number of imidazole rings is 1. The Bertz CT molecular complexity index is 1680. The average Bonchev–Trinajstić information content (AvgIpc) is 3.58. The third kappa shape index (κ3) is 4.92. The number of ether oxygens (including phenoxy) is 3. The third-order valence-corrected chi connectivity index (χ3v) is 8.06. The molecular formula is C33H34FN5O5. The molecular weight excluding hydrogens is 565 g/mol. The lowest BCUT2D eigenvalue weighted by atomic mass is 9.77. The van der Waals surface area contributed by atoms with Crippen LogP contribution in [0.3, 0.4) is 0 Å². The minimum absolute atomic E-state index is 0.184. The normalized spacial score (nSPS) is 21.8. The van der Waals surface area contributed by atoms with Gasteiger partial charge in [0.25, 0.3) is 0 Å². The van der Waals surface area contributed by atoms with E-state index in [1.165, 1.54) is 17.8 Å². The molecule has 6 rings (SSSR count). The largest absolute Gasteiger partial charge is 0.497 e. The zero-order valence-corrected chi connectivity index (χ0v) is 24.6. The SMILES string of the molecule is CCOc1nc(NC(c2ccccc2)(c2ccccc2)c2ccc(OC)cc2)nc2c1ncn2[C@@H]1O[C@H](CO)[C@@H](O)[C@@]1(C)F. The predicted octanol–water partition coefficient (Wildman–Crippen LogP) is 4.62. The highest BCUT2D eigenvalue weighted by molar-refractivity contribution is 5.78. The number of fused-ring (bicyclic) bond motifs is 1. The Hall–Kier alpha value is -4.58. The van der Waals surface area contributed by atoms with Crippen LogP contribution in [0.4, 0.5) is 10.3 Å². The van der Waals surface area contributed by atoms with Gasteiger partial charge in [-0.15, -0.1) is 0 Å². The lowest BCUT2D eigenvalue weighted by molar-refractivity contribution is -0.0566. The molecule has 1 aliphatic rings. The molecule has 2 aromatic heterocycles. The summed E-state index contributed by atoms with van der Waals surface area (Å²) in [6.07, 6.45) is -2.60. The fraction of sp³-hybridized carbons (Fsp3) is 0.303. The summed E-state index contributed by atoms with van der Waals surface area (Å²) in [4.78, 5) is 14.0. The Balaban J connectivity index is 1.57. The van der Waals surface area contributed by atoms with Gasteiger partial charge in [-0.25, -0.2) is 9.37 Å². The molecule has 0 radical (unpaired) electrons. The molecule has 228 valence electrons. The minimum atomic E-state index is -2.24. The quantitative estimate of drug-likeness (QED) is 0.197. The van der Waals surface area contributed by atoms with E-state index in [9.17, 15) is 10.2 Å². The second-order valence-corrected chi connectivity index (χ2v) is 10.8. The van der Waals surface area contributed by atoms with Gasteiger partial charge in [0.15, 0.2) is 23.1 Å². The topological polar surface area (TPSA) is 124 Å². The molecule has 0 spiro atoms. The van der Waals surface area contributed by atoms with Gasteiger partial charge in [-0.05, 0) is 42.7 Å². The maximum absolute atomic E-state index is 15.9. The fourth-order valence-corrected chi connectivity index (χ4v) is 5.82. The van der Waals surface area contributed by atoms with Gasteiger partial charge in [-0.2, -0.15) is 9.97 Å². The number of rotatable bonds is 10. The number of anilines is 1. The van der Waals surface area contributed by atoms with Crippen molar-refractivity contribution < 1.29 is 28.8 Å². The average molecular weight is 600 g/mol. The van der Waals surface area contributed by atoms with Gasteiger partial charge < -0.3 is 29.7 Å². The molecule has 1 aliphatic heterocycles. The van der Waals surface area contributed by atoms with Crippen LogP contribution < -0.4 is 14.8 Å². The summed E-state index contributed by atoms with van der Waals surface area (Å²) >= 11 is 0. The summed E-state index contributed by atoms with van der Waals surface area (Å²) < 4.78 is 34.4. The number of aromatic nitrogens is 4. The van der Waals surface area contributed by atoms with E-state index in [4.69, 9.17) is 24.2 Å². The number of hydrogen-bond acceptors (Lipinski definition) is 9. The van der Waals surface area contributed by atoms with Crippen LogP contribution in [0.25, 0.3) is 11.2 Å². The Kier molecular flexibility index (Phi) is 7.93. The zero-order valence-electron chi connectivity index (χ0n) is 24.6. The van der Waals surface area contributed by atoms with Crippen molar-refractivity contribution in [2.75, 3.05) is 25.6 Å². The van der Waals surface area contributed by atoms with Crippen molar-refractivity contribution in [3.8, 4) is 11.6 Å². The Labute approximate surface area is 254 Å². The van der Waals surface area contributed by atoms with Crippen LogP contribution in [-0.2, 0) is 10.3 Å². The molecule has 0 saturated carbocycles. The lowest BCUT2D eigenvalue weighted by Gasteiger charge is -2.37. The number of methoxy groups -OCH3 is 1. The molecule has 1 fully saturated rings. The van der Waals surface area contributed by atoms with E-state index in [1.54, 1.807) is 7.11 Å². The van der Waals surface area contributed by atoms with Crippen molar-refractivity contribution in [2.45, 2.75) is 43.5 Å². The fourth-order valence-electron chi connectivity index (χ4n) is 5.82. The van der Waals surface area contributed by atoms with Crippen molar-refractivity contribution in [3.63, 3.8) is 0 Å². The van der Waals surface area contributed by atoms with Gasteiger partial charge in [0.2, 0.25) is 11.8 Å². The molecule has 5 aromatic rings. The van der Waals surface area contributed by atoms with Gasteiger partial charge in [-0.3, -0.25) is 4.57 Å². The van der Waals surface area contributed by atoms with E-state index in [0.29, 0.717) is 17.9 Å². The Morgan fingerprint density at radius 1 is 0.977 bits per heavy atom. The van der Waals surface area contributed by atoms with E-state index in [0.717, 1.165) is 16.7 Å². The highest BCUT2D eigenvalue weighted by Crippen LogP contribution is 2.44. The summed E-state index contributed by atoms with van der Waals surface area (Å²) in [5.74, 6) is 1.09. The first-order chi connectivity index (χ1) is 21.3. The summed E-state index contributed by atoms with van der Waals surface area (Å²) in [7, 11) is 1.62. The van der Waals surface area contributed by atoms with Crippen LogP contribution in [0.1, 0.15) is 36.8 Å². The first kappa shape index (κ1) is 29.5. The standard InChI is InChI=1S/C33H34FN5O5/c1-4-43-29-26-28(39(20-35-26)30-32(2,34)27(41)25(19-40)44-30)36-31(37-29)38-33(21-11-7-5-8-12-21,22-13-9-6-10-14-22)23-15-17-24(42-3)18-16-23/h5-18,20,25,27,30,40-41H,4,19H2,1-3H3,(H,36,37,38)/t25-,27-,30-,32-/m1/s1. The maximum atomic E-state index is 15.9. The lowest BCUT2D eigenvalue weighted by Crippen LogP contribution is -2.40. The molecule has 4 atom stereocenters. The number of hydrogen-bond donors (Lipinski definition) is 3. The molecule has 44 heavy (non-hydrogen) atoms. The van der Waals surface area contributed by atoms with Gasteiger partial charge >= 0.3 is 0 Å². The van der Waals surface area contributed by atoms with E-state index in [2.05, 4.69) is 10.3 Å². The van der Waals surface area contributed by atoms with Gasteiger partial charge in [0.1, 0.15) is 23.5 Å². The number of halogens is 1. The van der Waals surface area contributed by atoms with Crippen LogP contribution in [0.15, 0.2) is 91.3 Å². The molecule has 1 saturated heterocycles. The number of aliphatic hydroxyl groups is 2. The van der Waals surface area contributed by atoms with Gasteiger partial charge in [0.05, 0.1) is 26.7 Å². The zero-order chi connectivity index (χ0) is 30.9. The molecule has 10 nitrogen and oxygen atoms in total. The van der Waals surface area contributed by atoms with Crippen molar-refractivity contribution in [1.29, 1.82) is 0 Å². The minimum Gasteiger partial charge on any atom is -0.497 e. The van der Waals surface area contributed by atoms with Crippen LogP contribution >= 0.6 is 0 Å². The van der Waals surface area contributed by atoms with E-state index in [-0.39, 0.29) is 17.5 Å². The van der Waals surface area contributed by atoms with E-state index < -0.39 is 36.3 Å². The molecule has 3 N–H and O–H groups in total. The van der Waals surface area contributed by atoms with Crippen molar-refractivity contribution in [2.24, 2.45) is 0 Å². The van der Waals surface area contributed by atoms with Crippen LogP contribution in [-0.4, -0.2) is 67.9 Å². The monoisotopic (exact) mass is 599 g/mol.